The lowest BCUT2D eigenvalue weighted by atomic mass is 10.0. The third kappa shape index (κ3) is 4.83. The summed E-state index contributed by atoms with van der Waals surface area (Å²) in [5.41, 5.74) is 4.98. The number of hydrogen-bond acceptors (Lipinski definition) is 7. The molecule has 0 bridgehead atoms. The highest BCUT2D eigenvalue weighted by molar-refractivity contribution is 6.33. The van der Waals surface area contributed by atoms with E-state index >= 15 is 0 Å². The molecule has 1 aliphatic rings. The number of aromatic nitrogens is 4. The second kappa shape index (κ2) is 9.70. The molecular weight excluding hydrogens is 452 g/mol. The van der Waals surface area contributed by atoms with Crippen LogP contribution in [0.15, 0.2) is 61.1 Å². The van der Waals surface area contributed by atoms with Gasteiger partial charge in [0.15, 0.2) is 5.82 Å². The minimum Gasteiger partial charge on any atom is -0.497 e. The first-order valence-electron chi connectivity index (χ1n) is 11.1. The molecule has 0 amide bonds. The first-order valence-corrected chi connectivity index (χ1v) is 11.5. The Morgan fingerprint density at radius 2 is 1.94 bits per heavy atom. The number of nitrogens with zero attached hydrogens (tertiary/aromatic N) is 4. The third-order valence-electron chi connectivity index (χ3n) is 5.91. The van der Waals surface area contributed by atoms with Gasteiger partial charge in [0.2, 0.25) is 5.95 Å². The number of fused-ring (bicyclic) bond motifs is 1. The molecule has 34 heavy (non-hydrogen) atoms. The Hall–Kier alpha value is -3.62. The maximum Gasteiger partial charge on any atom is 0.229 e. The molecule has 4 aromatic rings. The van der Waals surface area contributed by atoms with Crippen molar-refractivity contribution in [3.63, 3.8) is 0 Å². The summed E-state index contributed by atoms with van der Waals surface area (Å²) < 4.78 is 7.12. The monoisotopic (exact) mass is 476 g/mol. The van der Waals surface area contributed by atoms with Crippen LogP contribution in [0.5, 0.6) is 5.75 Å². The highest BCUT2D eigenvalue weighted by Crippen LogP contribution is 2.31. The fourth-order valence-corrected chi connectivity index (χ4v) is 4.22. The first kappa shape index (κ1) is 22.2. The number of halogens is 1. The van der Waals surface area contributed by atoms with Gasteiger partial charge >= 0.3 is 0 Å². The van der Waals surface area contributed by atoms with Crippen molar-refractivity contribution in [3.8, 4) is 11.4 Å². The van der Waals surface area contributed by atoms with Crippen LogP contribution in [0, 0.1) is 0 Å². The Morgan fingerprint density at radius 1 is 1.09 bits per heavy atom. The van der Waals surface area contributed by atoms with Crippen LogP contribution < -0.4 is 15.4 Å². The van der Waals surface area contributed by atoms with Gasteiger partial charge < -0.3 is 20.5 Å². The molecule has 2 aromatic heterocycles. The van der Waals surface area contributed by atoms with Crippen molar-refractivity contribution in [2.75, 3.05) is 17.7 Å². The summed E-state index contributed by atoms with van der Waals surface area (Å²) in [5.74, 6) is 1.60. The lowest BCUT2D eigenvalue weighted by Gasteiger charge is -2.15. The molecule has 0 spiro atoms. The SMILES string of the molecule is COc1ccc(Nc2nc(Nc3ccc4c(c3)CCC(O)CC4)ncc2Cl)c(-n2cccn2)c1. The summed E-state index contributed by atoms with van der Waals surface area (Å²) in [7, 11) is 1.62. The molecule has 5 rings (SSSR count). The summed E-state index contributed by atoms with van der Waals surface area (Å²) in [6.45, 7) is 0. The molecule has 9 heteroatoms. The van der Waals surface area contributed by atoms with Crippen LogP contribution >= 0.6 is 11.6 Å². The lowest BCUT2D eigenvalue weighted by molar-refractivity contribution is 0.158. The maximum absolute atomic E-state index is 9.99. The van der Waals surface area contributed by atoms with Crippen LogP contribution in [0.25, 0.3) is 5.69 Å². The zero-order valence-corrected chi connectivity index (χ0v) is 19.5. The predicted octanol–water partition coefficient (Wildman–Crippen LogP) is 5.05. The topological polar surface area (TPSA) is 97.1 Å². The fourth-order valence-electron chi connectivity index (χ4n) is 4.09. The highest BCUT2D eigenvalue weighted by atomic mass is 35.5. The third-order valence-corrected chi connectivity index (χ3v) is 6.19. The van der Waals surface area contributed by atoms with Crippen molar-refractivity contribution < 1.29 is 9.84 Å². The number of benzene rings is 2. The summed E-state index contributed by atoms with van der Waals surface area (Å²) in [6, 6.07) is 13.7. The molecule has 0 saturated heterocycles. The zero-order chi connectivity index (χ0) is 23.5. The molecular formula is C25H25ClN6O2. The number of aliphatic hydroxyl groups is 1. The smallest absolute Gasteiger partial charge is 0.229 e. The summed E-state index contributed by atoms with van der Waals surface area (Å²) >= 11 is 6.43. The first-order chi connectivity index (χ1) is 16.6. The Labute approximate surface area is 202 Å². The predicted molar refractivity (Wildman–Crippen MR) is 133 cm³/mol. The zero-order valence-electron chi connectivity index (χ0n) is 18.7. The van der Waals surface area contributed by atoms with E-state index in [9.17, 15) is 5.11 Å². The average molecular weight is 477 g/mol. The maximum atomic E-state index is 9.99. The number of aliphatic hydroxyl groups excluding tert-OH is 1. The van der Waals surface area contributed by atoms with Crippen molar-refractivity contribution >= 4 is 34.7 Å². The van der Waals surface area contributed by atoms with Crippen LogP contribution in [0.3, 0.4) is 0 Å². The van der Waals surface area contributed by atoms with Crippen LogP contribution in [-0.4, -0.2) is 38.1 Å². The molecule has 0 radical (unpaired) electrons. The fraction of sp³-hybridized carbons (Fsp3) is 0.240. The number of nitrogens with one attached hydrogen (secondary N) is 2. The van der Waals surface area contributed by atoms with E-state index in [2.05, 4.69) is 37.8 Å². The Morgan fingerprint density at radius 3 is 2.74 bits per heavy atom. The largest absolute Gasteiger partial charge is 0.497 e. The van der Waals surface area contributed by atoms with E-state index in [1.54, 1.807) is 24.2 Å². The van der Waals surface area contributed by atoms with E-state index in [0.717, 1.165) is 42.7 Å². The molecule has 1 unspecified atom stereocenters. The Kier molecular flexibility index (Phi) is 6.33. The van der Waals surface area contributed by atoms with Gasteiger partial charge in [-0.2, -0.15) is 10.1 Å². The molecule has 2 heterocycles. The van der Waals surface area contributed by atoms with E-state index in [0.29, 0.717) is 22.5 Å². The van der Waals surface area contributed by atoms with Crippen LogP contribution in [0.4, 0.5) is 23.1 Å². The van der Waals surface area contributed by atoms with Crippen molar-refractivity contribution in [2.45, 2.75) is 31.8 Å². The minimum atomic E-state index is -0.235. The van der Waals surface area contributed by atoms with E-state index in [-0.39, 0.29) is 6.10 Å². The van der Waals surface area contributed by atoms with E-state index in [1.807, 2.05) is 36.5 Å². The molecule has 0 aliphatic heterocycles. The lowest BCUT2D eigenvalue weighted by Crippen LogP contribution is -2.05. The molecule has 174 valence electrons. The number of ether oxygens (including phenoxy) is 1. The van der Waals surface area contributed by atoms with Gasteiger partial charge in [-0.1, -0.05) is 17.7 Å². The normalized spacial score (nSPS) is 15.3. The van der Waals surface area contributed by atoms with E-state index in [4.69, 9.17) is 16.3 Å². The van der Waals surface area contributed by atoms with Gasteiger partial charge in [-0.25, -0.2) is 9.67 Å². The van der Waals surface area contributed by atoms with Gasteiger partial charge in [0.25, 0.3) is 0 Å². The van der Waals surface area contributed by atoms with Crippen molar-refractivity contribution in [2.24, 2.45) is 0 Å². The second-order valence-electron chi connectivity index (χ2n) is 8.19. The second-order valence-corrected chi connectivity index (χ2v) is 8.60. The van der Waals surface area contributed by atoms with Gasteiger partial charge in [0, 0.05) is 24.1 Å². The quantitative estimate of drug-likeness (QED) is 0.335. The van der Waals surface area contributed by atoms with Crippen LogP contribution in [-0.2, 0) is 12.8 Å². The number of rotatable bonds is 6. The Bertz CT molecular complexity index is 1290. The van der Waals surface area contributed by atoms with Crippen LogP contribution in [0.2, 0.25) is 5.02 Å². The number of aryl methyl sites for hydroxylation is 2. The molecule has 8 nitrogen and oxygen atoms in total. The van der Waals surface area contributed by atoms with Gasteiger partial charge in [-0.15, -0.1) is 0 Å². The standard InChI is InChI=1S/C25H25ClN6O2/c1-34-20-9-10-22(23(14-20)32-12-2-11-28-32)30-24-21(26)15-27-25(31-24)29-18-6-3-16-4-7-19(33)8-5-17(16)13-18/h2-3,6,9-15,19,33H,4-5,7-8H2,1H3,(H2,27,29,30,31). The number of methoxy groups -OCH3 is 1. The van der Waals surface area contributed by atoms with Gasteiger partial charge in [-0.3, -0.25) is 0 Å². The molecule has 1 atom stereocenters. The summed E-state index contributed by atoms with van der Waals surface area (Å²) in [5, 5.41) is 21.3. The number of hydrogen-bond donors (Lipinski definition) is 3. The van der Waals surface area contributed by atoms with Crippen molar-refractivity contribution in [1.82, 2.24) is 19.7 Å². The highest BCUT2D eigenvalue weighted by Gasteiger charge is 2.15. The molecule has 2 aromatic carbocycles. The van der Waals surface area contributed by atoms with E-state index < -0.39 is 0 Å². The summed E-state index contributed by atoms with van der Waals surface area (Å²) in [4.78, 5) is 8.95. The van der Waals surface area contributed by atoms with Crippen molar-refractivity contribution in [3.05, 3.63) is 77.2 Å². The molecule has 0 saturated carbocycles. The van der Waals surface area contributed by atoms with Gasteiger partial charge in [0.05, 0.1) is 30.8 Å². The Balaban J connectivity index is 1.40. The molecule has 3 N–H and O–H groups in total. The summed E-state index contributed by atoms with van der Waals surface area (Å²) in [6.07, 6.45) is 8.23. The van der Waals surface area contributed by atoms with Crippen molar-refractivity contribution in [1.29, 1.82) is 0 Å². The average Bonchev–Trinajstić information content (AvgIpc) is 3.32. The molecule has 0 fully saturated rings. The van der Waals surface area contributed by atoms with Crippen LogP contribution in [0.1, 0.15) is 24.0 Å². The van der Waals surface area contributed by atoms with Gasteiger partial charge in [0.1, 0.15) is 10.8 Å². The van der Waals surface area contributed by atoms with E-state index in [1.165, 1.54) is 11.1 Å². The van der Waals surface area contributed by atoms with Gasteiger partial charge in [-0.05, 0) is 67.1 Å². The molecule has 1 aliphatic carbocycles. The number of anilines is 4. The minimum absolute atomic E-state index is 0.235.